The van der Waals surface area contributed by atoms with Crippen molar-refractivity contribution in [2.24, 2.45) is 5.16 Å². The minimum atomic E-state index is -0.175. The van der Waals surface area contributed by atoms with E-state index in [9.17, 15) is 4.79 Å². The summed E-state index contributed by atoms with van der Waals surface area (Å²) in [5, 5.41) is 14.0. The fourth-order valence-electron chi connectivity index (χ4n) is 1.79. The van der Waals surface area contributed by atoms with Gasteiger partial charge in [-0.05, 0) is 25.0 Å². The predicted octanol–water partition coefficient (Wildman–Crippen LogP) is 0.798. The molecule has 6 nitrogen and oxygen atoms in total. The number of carbonyl (C=O) groups excluding carboxylic acids is 1. The van der Waals surface area contributed by atoms with Crippen molar-refractivity contribution in [3.8, 4) is 0 Å². The molecule has 1 aromatic heterocycles. The van der Waals surface area contributed by atoms with Gasteiger partial charge in [0.2, 0.25) is 0 Å². The molecule has 1 aliphatic heterocycles. The zero-order valence-electron chi connectivity index (χ0n) is 9.87. The minimum absolute atomic E-state index is 0.128. The van der Waals surface area contributed by atoms with E-state index in [1.165, 1.54) is 12.4 Å². The standard InChI is InChI=1S/C12H15N3O3/c16-12(14-8-11-2-1-5-18-11)9-3-4-10(7-15-17)13-6-9/h3-4,6-7,11,17H,1-2,5,8H2,(H,14,16)/b15-7+. The Labute approximate surface area is 105 Å². The Kier molecular flexibility index (Phi) is 4.25. The van der Waals surface area contributed by atoms with Gasteiger partial charge in [0.1, 0.15) is 0 Å². The summed E-state index contributed by atoms with van der Waals surface area (Å²) in [5.74, 6) is -0.175. The lowest BCUT2D eigenvalue weighted by molar-refractivity contribution is 0.0857. The van der Waals surface area contributed by atoms with E-state index in [1.54, 1.807) is 12.1 Å². The van der Waals surface area contributed by atoms with Crippen LogP contribution in [0.25, 0.3) is 0 Å². The second-order valence-corrected chi connectivity index (χ2v) is 4.06. The van der Waals surface area contributed by atoms with Crippen LogP contribution >= 0.6 is 0 Å². The summed E-state index contributed by atoms with van der Waals surface area (Å²) >= 11 is 0. The molecule has 1 unspecified atom stereocenters. The quantitative estimate of drug-likeness (QED) is 0.469. The van der Waals surface area contributed by atoms with E-state index in [2.05, 4.69) is 15.5 Å². The topological polar surface area (TPSA) is 83.8 Å². The summed E-state index contributed by atoms with van der Waals surface area (Å²) in [5.41, 5.74) is 0.969. The number of oxime groups is 1. The van der Waals surface area contributed by atoms with Gasteiger partial charge in [-0.1, -0.05) is 5.16 Å². The number of nitrogens with zero attached hydrogens (tertiary/aromatic N) is 2. The van der Waals surface area contributed by atoms with Gasteiger partial charge in [0.15, 0.2) is 0 Å². The van der Waals surface area contributed by atoms with Gasteiger partial charge in [0, 0.05) is 19.3 Å². The Hall–Kier alpha value is -1.95. The van der Waals surface area contributed by atoms with Crippen molar-refractivity contribution >= 4 is 12.1 Å². The van der Waals surface area contributed by atoms with Crippen molar-refractivity contribution in [3.63, 3.8) is 0 Å². The Morgan fingerprint density at radius 1 is 1.67 bits per heavy atom. The van der Waals surface area contributed by atoms with Gasteiger partial charge in [-0.15, -0.1) is 0 Å². The van der Waals surface area contributed by atoms with Crippen LogP contribution in [0.3, 0.4) is 0 Å². The molecule has 96 valence electrons. The van der Waals surface area contributed by atoms with E-state index in [0.29, 0.717) is 17.8 Å². The molecule has 1 aromatic rings. The number of nitrogens with one attached hydrogen (secondary N) is 1. The Morgan fingerprint density at radius 2 is 2.56 bits per heavy atom. The largest absolute Gasteiger partial charge is 0.411 e. The maximum atomic E-state index is 11.8. The van der Waals surface area contributed by atoms with Crippen LogP contribution in [0.4, 0.5) is 0 Å². The van der Waals surface area contributed by atoms with Gasteiger partial charge in [-0.25, -0.2) is 0 Å². The Morgan fingerprint density at radius 3 is 3.17 bits per heavy atom. The number of amides is 1. The molecule has 18 heavy (non-hydrogen) atoms. The molecule has 6 heteroatoms. The summed E-state index contributed by atoms with van der Waals surface area (Å²) in [6.07, 6.45) is 4.82. The highest BCUT2D eigenvalue weighted by molar-refractivity contribution is 5.94. The van der Waals surface area contributed by atoms with Crippen molar-refractivity contribution in [2.45, 2.75) is 18.9 Å². The van der Waals surface area contributed by atoms with Gasteiger partial charge in [0.25, 0.3) is 5.91 Å². The molecular weight excluding hydrogens is 234 g/mol. The van der Waals surface area contributed by atoms with Gasteiger partial charge < -0.3 is 15.3 Å². The number of ether oxygens (including phenoxy) is 1. The molecule has 1 aliphatic rings. The molecule has 0 radical (unpaired) electrons. The first-order chi connectivity index (χ1) is 8.79. The highest BCUT2D eigenvalue weighted by Crippen LogP contribution is 2.10. The number of carbonyl (C=O) groups is 1. The van der Waals surface area contributed by atoms with Crippen molar-refractivity contribution < 1.29 is 14.7 Å². The fraction of sp³-hybridized carbons (Fsp3) is 0.417. The number of hydrogen-bond donors (Lipinski definition) is 2. The van der Waals surface area contributed by atoms with Gasteiger partial charge in [-0.2, -0.15) is 0 Å². The molecular formula is C12H15N3O3. The molecule has 2 N–H and O–H groups in total. The monoisotopic (exact) mass is 249 g/mol. The number of rotatable bonds is 4. The van der Waals surface area contributed by atoms with Crippen LogP contribution in [0.5, 0.6) is 0 Å². The van der Waals surface area contributed by atoms with Crippen molar-refractivity contribution in [1.29, 1.82) is 0 Å². The molecule has 0 aromatic carbocycles. The SMILES string of the molecule is O=C(NCC1CCCO1)c1ccc(/C=N/O)nc1. The third-order valence-electron chi connectivity index (χ3n) is 2.75. The van der Waals surface area contributed by atoms with Crippen LogP contribution in [0, 0.1) is 0 Å². The first-order valence-corrected chi connectivity index (χ1v) is 5.83. The predicted molar refractivity (Wildman–Crippen MR) is 64.9 cm³/mol. The fourth-order valence-corrected chi connectivity index (χ4v) is 1.79. The Balaban J connectivity index is 1.87. The smallest absolute Gasteiger partial charge is 0.252 e. The zero-order valence-corrected chi connectivity index (χ0v) is 9.87. The molecule has 1 atom stereocenters. The normalized spacial score (nSPS) is 19.2. The van der Waals surface area contributed by atoms with Crippen molar-refractivity contribution in [1.82, 2.24) is 10.3 Å². The minimum Gasteiger partial charge on any atom is -0.411 e. The lowest BCUT2D eigenvalue weighted by Crippen LogP contribution is -2.31. The summed E-state index contributed by atoms with van der Waals surface area (Å²) in [6.45, 7) is 1.30. The molecule has 0 aliphatic carbocycles. The van der Waals surface area contributed by atoms with Crippen LogP contribution in [0.2, 0.25) is 0 Å². The van der Waals surface area contributed by atoms with Crippen LogP contribution in [0.1, 0.15) is 28.9 Å². The molecule has 0 bridgehead atoms. The van der Waals surface area contributed by atoms with Crippen molar-refractivity contribution in [2.75, 3.05) is 13.2 Å². The number of hydrogen-bond acceptors (Lipinski definition) is 5. The third kappa shape index (κ3) is 3.27. The molecule has 2 heterocycles. The lowest BCUT2D eigenvalue weighted by Gasteiger charge is -2.10. The molecule has 0 spiro atoms. The second-order valence-electron chi connectivity index (χ2n) is 4.06. The summed E-state index contributed by atoms with van der Waals surface area (Å²) < 4.78 is 5.41. The van der Waals surface area contributed by atoms with Gasteiger partial charge >= 0.3 is 0 Å². The summed E-state index contributed by atoms with van der Waals surface area (Å²) in [7, 11) is 0. The highest BCUT2D eigenvalue weighted by Gasteiger charge is 2.16. The van der Waals surface area contributed by atoms with E-state index in [1.807, 2.05) is 0 Å². The number of aromatic nitrogens is 1. The zero-order chi connectivity index (χ0) is 12.8. The van der Waals surface area contributed by atoms with Crippen LogP contribution in [-0.2, 0) is 4.74 Å². The van der Waals surface area contributed by atoms with E-state index >= 15 is 0 Å². The van der Waals surface area contributed by atoms with E-state index in [4.69, 9.17) is 9.94 Å². The van der Waals surface area contributed by atoms with Gasteiger partial charge in [-0.3, -0.25) is 9.78 Å². The molecule has 1 fully saturated rings. The maximum Gasteiger partial charge on any atom is 0.252 e. The molecule has 0 saturated carbocycles. The first kappa shape index (κ1) is 12.5. The molecule has 1 saturated heterocycles. The van der Waals surface area contributed by atoms with Crippen LogP contribution < -0.4 is 5.32 Å². The first-order valence-electron chi connectivity index (χ1n) is 5.83. The Bertz CT molecular complexity index is 425. The van der Waals surface area contributed by atoms with E-state index < -0.39 is 0 Å². The lowest BCUT2D eigenvalue weighted by atomic mass is 10.2. The van der Waals surface area contributed by atoms with Crippen LogP contribution in [-0.4, -0.2) is 41.6 Å². The van der Waals surface area contributed by atoms with Gasteiger partial charge in [0.05, 0.1) is 23.6 Å². The third-order valence-corrected chi connectivity index (χ3v) is 2.75. The van der Waals surface area contributed by atoms with E-state index in [0.717, 1.165) is 19.4 Å². The summed E-state index contributed by atoms with van der Waals surface area (Å²) in [4.78, 5) is 15.7. The van der Waals surface area contributed by atoms with Crippen LogP contribution in [0.15, 0.2) is 23.5 Å². The second kappa shape index (κ2) is 6.11. The van der Waals surface area contributed by atoms with Crippen molar-refractivity contribution in [3.05, 3.63) is 29.6 Å². The number of pyridine rings is 1. The van der Waals surface area contributed by atoms with E-state index in [-0.39, 0.29) is 12.0 Å². The average Bonchev–Trinajstić information content (AvgIpc) is 2.90. The molecule has 2 rings (SSSR count). The maximum absolute atomic E-state index is 11.8. The summed E-state index contributed by atoms with van der Waals surface area (Å²) in [6, 6.07) is 3.25. The average molecular weight is 249 g/mol. The highest BCUT2D eigenvalue weighted by atomic mass is 16.5. The molecule has 1 amide bonds.